The molecule has 8 nitrogen and oxygen atoms in total. The molecule has 0 saturated carbocycles. The highest BCUT2D eigenvalue weighted by Gasteiger charge is 2.14. The summed E-state index contributed by atoms with van der Waals surface area (Å²) in [7, 11) is 0. The molecule has 2 heterocycles. The number of nitrogens with zero attached hydrogens (tertiary/aromatic N) is 2. The number of anilines is 1. The van der Waals surface area contributed by atoms with Crippen LogP contribution in [0.5, 0.6) is 0 Å². The zero-order valence-corrected chi connectivity index (χ0v) is 17.3. The topological polar surface area (TPSA) is 116 Å². The van der Waals surface area contributed by atoms with Gasteiger partial charge < -0.3 is 15.6 Å². The summed E-state index contributed by atoms with van der Waals surface area (Å²) >= 11 is 0. The monoisotopic (exact) mass is 424 g/mol. The average molecular weight is 424 g/mol. The third-order valence-corrected chi connectivity index (χ3v) is 5.17. The van der Waals surface area contributed by atoms with E-state index in [4.69, 9.17) is 0 Å². The van der Waals surface area contributed by atoms with Gasteiger partial charge in [0, 0.05) is 30.1 Å². The number of carbonyl (C=O) groups excluding carboxylic acids is 2. The van der Waals surface area contributed by atoms with Gasteiger partial charge in [-0.2, -0.15) is 5.10 Å². The van der Waals surface area contributed by atoms with Gasteiger partial charge in [-0.1, -0.05) is 30.3 Å². The van der Waals surface area contributed by atoms with Crippen molar-refractivity contribution in [1.29, 1.82) is 0 Å². The van der Waals surface area contributed by atoms with Gasteiger partial charge in [-0.15, -0.1) is 0 Å². The van der Waals surface area contributed by atoms with Crippen LogP contribution in [0.4, 0.5) is 5.69 Å². The van der Waals surface area contributed by atoms with Crippen molar-refractivity contribution in [3.05, 3.63) is 77.9 Å². The zero-order chi connectivity index (χ0) is 22.1. The highest BCUT2D eigenvalue weighted by atomic mass is 16.2. The predicted molar refractivity (Wildman–Crippen MR) is 123 cm³/mol. The Morgan fingerprint density at radius 1 is 0.969 bits per heavy atom. The van der Waals surface area contributed by atoms with E-state index in [-0.39, 0.29) is 11.8 Å². The van der Waals surface area contributed by atoms with Crippen LogP contribution in [0.1, 0.15) is 22.8 Å². The normalized spacial score (nSPS) is 11.0. The third-order valence-electron chi connectivity index (χ3n) is 5.17. The minimum Gasteiger partial charge on any atom is -0.348 e. The van der Waals surface area contributed by atoms with Crippen molar-refractivity contribution >= 4 is 39.4 Å². The van der Waals surface area contributed by atoms with Crippen LogP contribution in [0.25, 0.3) is 33.5 Å². The molecule has 5 rings (SSSR count). The van der Waals surface area contributed by atoms with Crippen LogP contribution in [0.15, 0.2) is 66.7 Å². The molecule has 0 aliphatic rings. The summed E-state index contributed by atoms with van der Waals surface area (Å²) < 4.78 is 0. The van der Waals surface area contributed by atoms with E-state index in [1.807, 2.05) is 42.5 Å². The molecule has 158 valence electrons. The highest BCUT2D eigenvalue weighted by molar-refractivity contribution is 5.98. The lowest BCUT2D eigenvalue weighted by Crippen LogP contribution is -2.22. The molecule has 0 unspecified atom stereocenters. The van der Waals surface area contributed by atoms with E-state index in [2.05, 4.69) is 30.8 Å². The van der Waals surface area contributed by atoms with Gasteiger partial charge >= 0.3 is 0 Å². The molecule has 5 aromatic rings. The van der Waals surface area contributed by atoms with E-state index in [1.165, 1.54) is 6.92 Å². The van der Waals surface area contributed by atoms with Gasteiger partial charge in [0.05, 0.1) is 16.6 Å². The molecule has 4 N–H and O–H groups in total. The van der Waals surface area contributed by atoms with Gasteiger partial charge in [-0.3, -0.25) is 14.7 Å². The van der Waals surface area contributed by atoms with Gasteiger partial charge in [-0.05, 0) is 42.0 Å². The van der Waals surface area contributed by atoms with Gasteiger partial charge in [0.15, 0.2) is 5.82 Å². The van der Waals surface area contributed by atoms with Crippen molar-refractivity contribution in [3.63, 3.8) is 0 Å². The fraction of sp³-hybridized carbons (Fsp3) is 0.0833. The second-order valence-electron chi connectivity index (χ2n) is 7.50. The lowest BCUT2D eigenvalue weighted by molar-refractivity contribution is -0.114. The first kappa shape index (κ1) is 19.5. The number of H-pyrrole nitrogens is 2. The van der Waals surface area contributed by atoms with E-state index in [0.717, 1.165) is 38.9 Å². The van der Waals surface area contributed by atoms with Gasteiger partial charge in [0.1, 0.15) is 5.69 Å². The number of aromatic amines is 2. The summed E-state index contributed by atoms with van der Waals surface area (Å²) in [6, 6.07) is 20.6. The maximum atomic E-state index is 12.7. The highest BCUT2D eigenvalue weighted by Crippen LogP contribution is 2.26. The Kier molecular flexibility index (Phi) is 4.87. The Bertz CT molecular complexity index is 1450. The Labute approximate surface area is 183 Å². The first-order chi connectivity index (χ1) is 15.6. The minimum absolute atomic E-state index is 0.121. The number of fused-ring (bicyclic) bond motifs is 2. The Hall–Kier alpha value is -4.46. The Morgan fingerprint density at radius 3 is 2.59 bits per heavy atom. The number of amides is 2. The van der Waals surface area contributed by atoms with Crippen LogP contribution in [0.3, 0.4) is 0 Å². The number of nitrogens with one attached hydrogen (secondary N) is 4. The Balaban J connectivity index is 1.32. The maximum absolute atomic E-state index is 12.7. The SMILES string of the molecule is CC(=O)Nc1ccc(CNC(=O)c2ccc3nc(-c4n[nH]c5ccccc45)[nH]c3c2)cc1. The third kappa shape index (κ3) is 3.81. The lowest BCUT2D eigenvalue weighted by atomic mass is 10.1. The maximum Gasteiger partial charge on any atom is 0.251 e. The first-order valence-electron chi connectivity index (χ1n) is 10.1. The van der Waals surface area contributed by atoms with Gasteiger partial charge in [0.25, 0.3) is 5.91 Å². The molecular formula is C24H20N6O2. The van der Waals surface area contributed by atoms with Crippen LogP contribution in [0, 0.1) is 0 Å². The number of para-hydroxylation sites is 1. The van der Waals surface area contributed by atoms with E-state index in [0.29, 0.717) is 17.9 Å². The molecular weight excluding hydrogens is 404 g/mol. The van der Waals surface area contributed by atoms with E-state index in [1.54, 1.807) is 24.3 Å². The fourth-order valence-corrected chi connectivity index (χ4v) is 3.60. The van der Waals surface area contributed by atoms with Crippen LogP contribution in [-0.2, 0) is 11.3 Å². The molecule has 2 amide bonds. The number of aromatic nitrogens is 4. The first-order valence-corrected chi connectivity index (χ1v) is 10.1. The summed E-state index contributed by atoms with van der Waals surface area (Å²) in [6.07, 6.45) is 0. The molecule has 0 fully saturated rings. The van der Waals surface area contributed by atoms with Crippen LogP contribution in [-0.4, -0.2) is 32.0 Å². The quantitative estimate of drug-likeness (QED) is 0.341. The van der Waals surface area contributed by atoms with Crippen molar-refractivity contribution in [1.82, 2.24) is 25.5 Å². The van der Waals surface area contributed by atoms with E-state index >= 15 is 0 Å². The largest absolute Gasteiger partial charge is 0.348 e. The Morgan fingerprint density at radius 2 is 1.78 bits per heavy atom. The number of rotatable bonds is 5. The number of benzene rings is 3. The molecule has 0 atom stereocenters. The summed E-state index contributed by atoms with van der Waals surface area (Å²) in [5.41, 5.74) is 5.39. The summed E-state index contributed by atoms with van der Waals surface area (Å²) in [6.45, 7) is 1.84. The van der Waals surface area contributed by atoms with Crippen molar-refractivity contribution in [2.75, 3.05) is 5.32 Å². The summed E-state index contributed by atoms with van der Waals surface area (Å²) in [4.78, 5) is 31.7. The van der Waals surface area contributed by atoms with E-state index < -0.39 is 0 Å². The van der Waals surface area contributed by atoms with Crippen molar-refractivity contribution in [2.45, 2.75) is 13.5 Å². The molecule has 32 heavy (non-hydrogen) atoms. The number of carbonyl (C=O) groups is 2. The standard InChI is InChI=1S/C24H20N6O2/c1-14(31)26-17-9-6-15(7-10-17)13-25-24(32)16-8-11-20-21(12-16)28-23(27-20)22-18-4-2-3-5-19(18)29-30-22/h2-12H,13H2,1H3,(H,25,32)(H,26,31)(H,27,28)(H,29,30). The molecule has 8 heteroatoms. The molecule has 0 spiro atoms. The minimum atomic E-state index is -0.181. The van der Waals surface area contributed by atoms with Crippen LogP contribution in [0.2, 0.25) is 0 Å². The molecule has 3 aromatic carbocycles. The van der Waals surface area contributed by atoms with Crippen molar-refractivity contribution < 1.29 is 9.59 Å². The van der Waals surface area contributed by atoms with Gasteiger partial charge in [-0.25, -0.2) is 4.98 Å². The molecule has 0 aliphatic carbocycles. The molecule has 0 aliphatic heterocycles. The second-order valence-corrected chi connectivity index (χ2v) is 7.50. The molecule has 0 radical (unpaired) electrons. The number of imidazole rings is 1. The number of hydrogen-bond acceptors (Lipinski definition) is 4. The van der Waals surface area contributed by atoms with E-state index in [9.17, 15) is 9.59 Å². The number of hydrogen-bond donors (Lipinski definition) is 4. The van der Waals surface area contributed by atoms with Crippen molar-refractivity contribution in [2.24, 2.45) is 0 Å². The van der Waals surface area contributed by atoms with Crippen molar-refractivity contribution in [3.8, 4) is 11.5 Å². The second kappa shape index (κ2) is 7.99. The van der Waals surface area contributed by atoms with Crippen LogP contribution >= 0.6 is 0 Å². The lowest BCUT2D eigenvalue weighted by Gasteiger charge is -2.07. The summed E-state index contributed by atoms with van der Waals surface area (Å²) in [5.74, 6) is 0.345. The fourth-order valence-electron chi connectivity index (χ4n) is 3.60. The molecule has 0 saturated heterocycles. The zero-order valence-electron chi connectivity index (χ0n) is 17.3. The van der Waals surface area contributed by atoms with Gasteiger partial charge in [0.2, 0.25) is 5.91 Å². The predicted octanol–water partition coefficient (Wildman–Crippen LogP) is 3.99. The summed E-state index contributed by atoms with van der Waals surface area (Å²) in [5, 5.41) is 14.0. The molecule has 0 bridgehead atoms. The smallest absolute Gasteiger partial charge is 0.251 e. The van der Waals surface area contributed by atoms with Crippen LogP contribution < -0.4 is 10.6 Å². The molecule has 2 aromatic heterocycles. The average Bonchev–Trinajstić information content (AvgIpc) is 3.41.